The first-order valence-corrected chi connectivity index (χ1v) is 14.6. The summed E-state index contributed by atoms with van der Waals surface area (Å²) < 4.78 is 27.8. The van der Waals surface area contributed by atoms with Crippen molar-refractivity contribution in [1.82, 2.24) is 0 Å². The first-order valence-electron chi connectivity index (χ1n) is 10.1. The van der Waals surface area contributed by atoms with Crippen LogP contribution in [0.3, 0.4) is 0 Å². The van der Waals surface area contributed by atoms with E-state index in [1.807, 2.05) is 18.2 Å². The second-order valence-corrected chi connectivity index (χ2v) is 13.3. The summed E-state index contributed by atoms with van der Waals surface area (Å²) in [6.45, 7) is 8.29. The molecule has 10 heteroatoms. The Morgan fingerprint density at radius 1 is 1.07 bits per heavy atom. The lowest BCUT2D eigenvalue weighted by molar-refractivity contribution is -0.147. The normalized spacial score (nSPS) is 18.0. The second kappa shape index (κ2) is 10.2. The molecule has 8 nitrogen and oxygen atoms in total. The largest absolute Gasteiger partial charge is 0.705 e. The molecule has 1 unspecified atom stereocenters. The van der Waals surface area contributed by atoms with Crippen molar-refractivity contribution < 1.29 is 36.5 Å². The molecule has 1 aromatic carbocycles. The number of hydrogen-bond donors (Lipinski definition) is 0. The highest BCUT2D eigenvalue weighted by atomic mass is 28.4. The highest BCUT2D eigenvalue weighted by molar-refractivity contribution is 6.67. The summed E-state index contributed by atoms with van der Waals surface area (Å²) in [6, 6.07) is 7.07. The van der Waals surface area contributed by atoms with Gasteiger partial charge in [0.2, 0.25) is 0 Å². The van der Waals surface area contributed by atoms with Gasteiger partial charge in [0.15, 0.2) is 0 Å². The third kappa shape index (κ3) is 6.96. The fourth-order valence-corrected chi connectivity index (χ4v) is 8.15. The van der Waals surface area contributed by atoms with Crippen LogP contribution in [0, 0.1) is 0 Å². The van der Waals surface area contributed by atoms with Gasteiger partial charge in [-0.25, -0.2) is 0 Å². The van der Waals surface area contributed by atoms with Crippen LogP contribution in [0.1, 0.15) is 51.7 Å². The van der Waals surface area contributed by atoms with Crippen LogP contribution in [-0.4, -0.2) is 35.3 Å². The zero-order valence-corrected chi connectivity index (χ0v) is 20.2. The number of rotatable bonds is 9. The van der Waals surface area contributed by atoms with Crippen molar-refractivity contribution in [3.8, 4) is 5.75 Å². The van der Waals surface area contributed by atoms with Gasteiger partial charge in [-0.2, -0.15) is 0 Å². The van der Waals surface area contributed by atoms with E-state index < -0.39 is 35.3 Å². The predicted molar refractivity (Wildman–Crippen MR) is 113 cm³/mol. The Hall–Kier alpha value is -2.18. The Morgan fingerprint density at radius 3 is 2.20 bits per heavy atom. The molecule has 30 heavy (non-hydrogen) atoms. The predicted octanol–water partition coefficient (Wildman–Crippen LogP) is 3.64. The number of benzene rings is 1. The average Bonchev–Trinajstić information content (AvgIpc) is 2.60. The molecule has 0 saturated carbocycles. The molecular formula is C20H30O8Si2. The quantitative estimate of drug-likeness (QED) is 0.522. The van der Waals surface area contributed by atoms with Gasteiger partial charge in [0.05, 0.1) is 12.7 Å². The molecule has 0 radical (unpaired) electrons. The molecule has 0 N–H and O–H groups in total. The molecule has 1 aliphatic rings. The third-order valence-corrected chi connectivity index (χ3v) is 10.1. The lowest BCUT2D eigenvalue weighted by atomic mass is 10.1. The lowest BCUT2D eigenvalue weighted by Crippen LogP contribution is -2.49. The molecule has 0 amide bonds. The Morgan fingerprint density at radius 2 is 1.67 bits per heavy atom. The first kappa shape index (κ1) is 24.1. The highest BCUT2D eigenvalue weighted by Crippen LogP contribution is 2.33. The van der Waals surface area contributed by atoms with E-state index in [1.165, 1.54) is 20.8 Å². The molecule has 1 atom stereocenters. The summed E-state index contributed by atoms with van der Waals surface area (Å²) in [5.74, 6) is -1.11. The minimum absolute atomic E-state index is 0.150. The van der Waals surface area contributed by atoms with Gasteiger partial charge >= 0.3 is 17.4 Å². The highest BCUT2D eigenvalue weighted by Gasteiger charge is 2.51. The number of carbonyl (C=O) groups excluding carboxylic acids is 3. The van der Waals surface area contributed by atoms with E-state index in [0.717, 1.165) is 29.3 Å². The number of carbonyl (C=O) groups is 3. The molecule has 0 aromatic heterocycles. The minimum Gasteiger partial charge on any atom is -0.520 e. The molecular weight excluding hydrogens is 424 g/mol. The molecule has 1 aromatic rings. The molecule has 1 aliphatic heterocycles. The molecule has 0 aliphatic carbocycles. The van der Waals surface area contributed by atoms with Crippen molar-refractivity contribution in [1.29, 1.82) is 0 Å². The van der Waals surface area contributed by atoms with Crippen LogP contribution in [-0.2, 0) is 45.1 Å². The van der Waals surface area contributed by atoms with Crippen LogP contribution in [0.5, 0.6) is 5.75 Å². The summed E-state index contributed by atoms with van der Waals surface area (Å²) in [5, 5.41) is 0. The topological polar surface area (TPSA) is 97.4 Å². The maximum absolute atomic E-state index is 11.5. The first-order chi connectivity index (χ1) is 14.1. The van der Waals surface area contributed by atoms with Gasteiger partial charge in [-0.3, -0.25) is 14.4 Å². The summed E-state index contributed by atoms with van der Waals surface area (Å²) in [4.78, 5) is 34.6. The molecule has 0 saturated heterocycles. The molecule has 0 fully saturated rings. The van der Waals surface area contributed by atoms with Crippen LogP contribution >= 0.6 is 0 Å². The van der Waals surface area contributed by atoms with E-state index in [0.29, 0.717) is 19.4 Å². The van der Waals surface area contributed by atoms with E-state index in [4.69, 9.17) is 22.1 Å². The SMILES string of the molecule is CCC[Si]1(C)OCc2cc(CCC[Si](OC(C)=O)(OC(C)=O)OC(C)=O)ccc2O1. The van der Waals surface area contributed by atoms with Crippen molar-refractivity contribution in [2.75, 3.05) is 0 Å². The van der Waals surface area contributed by atoms with Gasteiger partial charge in [-0.15, -0.1) is 0 Å². The van der Waals surface area contributed by atoms with Crippen LogP contribution in [0.4, 0.5) is 0 Å². The maximum atomic E-state index is 11.5. The second-order valence-electron chi connectivity index (χ2n) is 7.53. The molecule has 0 bridgehead atoms. The zero-order valence-electron chi connectivity index (χ0n) is 18.2. The molecule has 0 spiro atoms. The van der Waals surface area contributed by atoms with Gasteiger partial charge in [-0.1, -0.05) is 19.4 Å². The van der Waals surface area contributed by atoms with Crippen molar-refractivity contribution >= 4 is 35.3 Å². The Bertz CT molecular complexity index is 756. The van der Waals surface area contributed by atoms with Crippen LogP contribution in [0.15, 0.2) is 18.2 Å². The fraction of sp³-hybridized carbons (Fsp3) is 0.550. The van der Waals surface area contributed by atoms with Gasteiger partial charge < -0.3 is 22.1 Å². The van der Waals surface area contributed by atoms with Crippen molar-refractivity contribution in [3.05, 3.63) is 29.3 Å². The Kier molecular flexibility index (Phi) is 8.21. The summed E-state index contributed by atoms with van der Waals surface area (Å²) in [5.41, 5.74) is 2.04. The van der Waals surface area contributed by atoms with E-state index in [-0.39, 0.29) is 6.04 Å². The molecule has 1 heterocycles. The number of aryl methyl sites for hydroxylation is 1. The monoisotopic (exact) mass is 454 g/mol. The van der Waals surface area contributed by atoms with Gasteiger partial charge in [0.1, 0.15) is 5.75 Å². The van der Waals surface area contributed by atoms with Crippen molar-refractivity contribution in [2.24, 2.45) is 0 Å². The van der Waals surface area contributed by atoms with E-state index in [1.54, 1.807) is 0 Å². The van der Waals surface area contributed by atoms with Crippen molar-refractivity contribution in [2.45, 2.75) is 72.2 Å². The van der Waals surface area contributed by atoms with E-state index in [9.17, 15) is 14.4 Å². The van der Waals surface area contributed by atoms with Crippen molar-refractivity contribution in [3.63, 3.8) is 0 Å². The maximum Gasteiger partial charge on any atom is 0.705 e. The summed E-state index contributed by atoms with van der Waals surface area (Å²) >= 11 is 0. The van der Waals surface area contributed by atoms with Gasteiger partial charge in [0.25, 0.3) is 17.9 Å². The van der Waals surface area contributed by atoms with Gasteiger partial charge in [0, 0.05) is 32.4 Å². The fourth-order valence-electron chi connectivity index (χ4n) is 3.45. The number of fused-ring (bicyclic) bond motifs is 1. The summed E-state index contributed by atoms with van der Waals surface area (Å²) in [6.07, 6.45) is 2.15. The molecule has 2 rings (SSSR count). The minimum atomic E-state index is -3.79. The average molecular weight is 455 g/mol. The van der Waals surface area contributed by atoms with Gasteiger partial charge in [-0.05, 0) is 37.1 Å². The zero-order chi connectivity index (χ0) is 22.4. The third-order valence-electron chi connectivity index (χ3n) is 4.53. The standard InChI is InChI=1S/C20H30O8Si2/c1-6-11-29(5)24-14-19-13-18(9-10-20(19)28-29)8-7-12-30(25-15(2)21,26-16(3)22)27-17(4)23/h9-10,13H,6-8,11-12,14H2,1-5H3. The van der Waals surface area contributed by atoms with Crippen LogP contribution in [0.25, 0.3) is 0 Å². The van der Waals surface area contributed by atoms with E-state index >= 15 is 0 Å². The lowest BCUT2D eigenvalue weighted by Gasteiger charge is -2.33. The van der Waals surface area contributed by atoms with Crippen LogP contribution in [0.2, 0.25) is 18.6 Å². The molecule has 166 valence electrons. The number of hydrogen-bond acceptors (Lipinski definition) is 8. The Balaban J connectivity index is 2.07. The van der Waals surface area contributed by atoms with E-state index in [2.05, 4.69) is 13.5 Å². The smallest absolute Gasteiger partial charge is 0.520 e. The summed E-state index contributed by atoms with van der Waals surface area (Å²) in [7, 11) is -5.93. The van der Waals surface area contributed by atoms with Crippen LogP contribution < -0.4 is 4.43 Å². The Labute approximate surface area is 179 Å².